The first-order chi connectivity index (χ1) is 26.9. The third-order valence-corrected chi connectivity index (χ3v) is 17.6. The number of carboxylic acids is 1. The van der Waals surface area contributed by atoms with Gasteiger partial charge in [-0.05, 0) is 162 Å². The molecule has 4 fully saturated rings. The lowest BCUT2D eigenvalue weighted by atomic mass is 9.33. The predicted molar refractivity (Wildman–Crippen MR) is 231 cm³/mol. The number of esters is 1. The monoisotopic (exact) mass is 823 g/mol. The minimum Gasteiger partial charge on any atom is -0.481 e. The second-order valence-corrected chi connectivity index (χ2v) is 22.5. The summed E-state index contributed by atoms with van der Waals surface area (Å²) in [5.41, 5.74) is 1.57. The van der Waals surface area contributed by atoms with Gasteiger partial charge >= 0.3 is 11.9 Å². The Labute approximate surface area is 354 Å². The fourth-order valence-corrected chi connectivity index (χ4v) is 14.2. The van der Waals surface area contributed by atoms with Crippen LogP contribution in [0.25, 0.3) is 0 Å². The highest BCUT2D eigenvalue weighted by Gasteiger charge is 2.71. The molecule has 9 unspecified atom stereocenters. The van der Waals surface area contributed by atoms with Crippen LogP contribution >= 0.6 is 11.6 Å². The number of ether oxygens (including phenoxy) is 1. The maximum Gasteiger partial charge on any atom is 0.309 e. The number of aliphatic hydroxyl groups excluding tert-OH is 1. The summed E-state index contributed by atoms with van der Waals surface area (Å²) in [4.78, 5) is 43.9. The number of Topliss-reactive ketones (excluding diaryl/α,β-unsaturated/α-hetero) is 1. The van der Waals surface area contributed by atoms with E-state index in [0.29, 0.717) is 24.8 Å². The lowest BCUT2D eigenvalue weighted by Crippen LogP contribution is -2.66. The Morgan fingerprint density at radius 3 is 2.21 bits per heavy atom. The molecule has 0 spiro atoms. The summed E-state index contributed by atoms with van der Waals surface area (Å²) in [6.45, 7) is 22.8. The second-order valence-electron chi connectivity index (χ2n) is 22.1. The normalized spacial score (nSPS) is 35.1. The van der Waals surface area contributed by atoms with Gasteiger partial charge in [0.25, 0.3) is 0 Å². The number of carbonyl (C=O) groups excluding carboxylic acids is 2. The molecule has 0 radical (unpaired) electrons. The van der Waals surface area contributed by atoms with Gasteiger partial charge in [0, 0.05) is 35.4 Å². The molecule has 4 saturated carbocycles. The molecule has 8 nitrogen and oxygen atoms in total. The Bertz CT molecular complexity index is 1750. The highest BCUT2D eigenvalue weighted by atomic mass is 35.5. The summed E-state index contributed by atoms with van der Waals surface area (Å²) in [5.74, 6) is 0.0120. The number of allylic oxidation sites excluding steroid dienone is 1. The van der Waals surface area contributed by atoms with Crippen molar-refractivity contribution in [2.75, 3.05) is 33.7 Å². The van der Waals surface area contributed by atoms with E-state index in [9.17, 15) is 24.6 Å². The van der Waals surface area contributed by atoms with Crippen molar-refractivity contribution in [3.05, 3.63) is 46.0 Å². The average Bonchev–Trinajstić information content (AvgIpc) is 3.43. The first-order valence-electron chi connectivity index (χ1n) is 22.4. The van der Waals surface area contributed by atoms with E-state index in [1.165, 1.54) is 11.1 Å². The highest BCUT2D eigenvalue weighted by Crippen LogP contribution is 2.77. The van der Waals surface area contributed by atoms with Gasteiger partial charge in [-0.2, -0.15) is 0 Å². The first-order valence-corrected chi connectivity index (χ1v) is 22.8. The molecule has 0 bridgehead atoms. The van der Waals surface area contributed by atoms with Crippen molar-refractivity contribution in [1.82, 2.24) is 9.80 Å². The molecule has 5 aliphatic rings. The number of halogens is 1. The lowest BCUT2D eigenvalue weighted by molar-refractivity contribution is -0.235. The number of fused-ring (bicyclic) bond motifs is 7. The number of hydrogen-bond donors (Lipinski definition) is 2. The van der Waals surface area contributed by atoms with Crippen molar-refractivity contribution in [3.63, 3.8) is 0 Å². The van der Waals surface area contributed by atoms with Crippen molar-refractivity contribution in [3.8, 4) is 0 Å². The number of hydrogen-bond acceptors (Lipinski definition) is 7. The van der Waals surface area contributed by atoms with E-state index in [1.807, 2.05) is 12.1 Å². The lowest BCUT2D eigenvalue weighted by Gasteiger charge is -2.72. The second kappa shape index (κ2) is 16.2. The summed E-state index contributed by atoms with van der Waals surface area (Å²) >= 11 is 6.26. The van der Waals surface area contributed by atoms with Gasteiger partial charge in [-0.1, -0.05) is 77.8 Å². The molecule has 0 saturated heterocycles. The number of benzene rings is 1. The summed E-state index contributed by atoms with van der Waals surface area (Å²) < 4.78 is 6.20. The average molecular weight is 824 g/mol. The Morgan fingerprint density at radius 1 is 0.914 bits per heavy atom. The zero-order chi connectivity index (χ0) is 42.8. The number of carboxylic acid groups (broad SMARTS) is 1. The summed E-state index contributed by atoms with van der Waals surface area (Å²) in [6.07, 6.45) is 8.15. The third-order valence-electron chi connectivity index (χ3n) is 17.3. The molecule has 324 valence electrons. The van der Waals surface area contributed by atoms with Gasteiger partial charge in [0.05, 0.1) is 17.9 Å². The topological polar surface area (TPSA) is 107 Å². The fraction of sp³-hybridized carbons (Fsp3) is 0.776. The molecule has 58 heavy (non-hydrogen) atoms. The van der Waals surface area contributed by atoms with Crippen LogP contribution in [0.15, 0.2) is 35.4 Å². The van der Waals surface area contributed by atoms with Gasteiger partial charge in [-0.3, -0.25) is 19.3 Å². The molecule has 0 aliphatic heterocycles. The van der Waals surface area contributed by atoms with Crippen LogP contribution in [0.5, 0.6) is 0 Å². The Kier molecular flexibility index (Phi) is 12.7. The Hall–Kier alpha value is -2.26. The largest absolute Gasteiger partial charge is 0.481 e. The zero-order valence-corrected chi connectivity index (χ0v) is 38.4. The number of aliphatic carboxylic acids is 1. The number of nitrogens with zero attached hydrogens (tertiary/aromatic N) is 2. The van der Waals surface area contributed by atoms with E-state index >= 15 is 0 Å². The first kappa shape index (κ1) is 45.3. The van der Waals surface area contributed by atoms with Crippen LogP contribution in [0.4, 0.5) is 0 Å². The van der Waals surface area contributed by atoms with Crippen LogP contribution in [0.3, 0.4) is 0 Å². The Morgan fingerprint density at radius 2 is 1.59 bits per heavy atom. The van der Waals surface area contributed by atoms with E-state index in [4.69, 9.17) is 16.3 Å². The molecule has 9 heteroatoms. The molecule has 9 atom stereocenters. The van der Waals surface area contributed by atoms with Crippen LogP contribution in [0, 0.1) is 56.2 Å². The number of ketones is 1. The minimum atomic E-state index is -1.17. The van der Waals surface area contributed by atoms with Crippen LogP contribution in [0.2, 0.25) is 5.02 Å². The molecule has 5 aliphatic carbocycles. The molecule has 1 aromatic carbocycles. The molecular formula is C49H75ClN2O6. The number of aliphatic hydroxyl groups is 1. The molecule has 6 rings (SSSR count). The van der Waals surface area contributed by atoms with E-state index in [2.05, 4.69) is 84.5 Å². The molecular weight excluding hydrogens is 748 g/mol. The molecule has 0 heterocycles. The number of rotatable bonds is 14. The maximum atomic E-state index is 14.4. The highest BCUT2D eigenvalue weighted by molar-refractivity contribution is 6.30. The predicted octanol–water partition coefficient (Wildman–Crippen LogP) is 9.85. The van der Waals surface area contributed by atoms with Gasteiger partial charge in [-0.25, -0.2) is 0 Å². The van der Waals surface area contributed by atoms with Gasteiger partial charge < -0.3 is 19.8 Å². The van der Waals surface area contributed by atoms with Crippen molar-refractivity contribution in [2.24, 2.45) is 56.2 Å². The molecule has 0 amide bonds. The van der Waals surface area contributed by atoms with E-state index in [-0.39, 0.29) is 51.8 Å². The van der Waals surface area contributed by atoms with Crippen molar-refractivity contribution < 1.29 is 29.3 Å². The summed E-state index contributed by atoms with van der Waals surface area (Å²) in [6, 6.07) is 8.04. The van der Waals surface area contributed by atoms with Gasteiger partial charge in [0.15, 0.2) is 5.78 Å². The zero-order valence-electron chi connectivity index (χ0n) is 37.7. The van der Waals surface area contributed by atoms with Crippen LogP contribution in [0.1, 0.15) is 139 Å². The van der Waals surface area contributed by atoms with E-state index < -0.39 is 28.9 Å². The van der Waals surface area contributed by atoms with Crippen molar-refractivity contribution in [1.29, 1.82) is 0 Å². The van der Waals surface area contributed by atoms with Crippen LogP contribution < -0.4 is 0 Å². The van der Waals surface area contributed by atoms with Crippen LogP contribution in [-0.2, 0) is 25.7 Å². The third kappa shape index (κ3) is 7.77. The van der Waals surface area contributed by atoms with Gasteiger partial charge in [0.2, 0.25) is 0 Å². The van der Waals surface area contributed by atoms with Crippen molar-refractivity contribution >= 4 is 29.3 Å². The fourth-order valence-electron chi connectivity index (χ4n) is 14.0. The molecule has 0 aromatic heterocycles. The number of carbonyl (C=O) groups is 3. The smallest absolute Gasteiger partial charge is 0.309 e. The van der Waals surface area contributed by atoms with Gasteiger partial charge in [0.1, 0.15) is 6.10 Å². The SMILES string of the molecule is CC(C)C1=C2C3CCC4C5(C)CCC(OC(=O)CC(C)(C)C(=O)O)C(C)(C)C5CCC4(C)C3(C)CCC2(C(O)CN(CCCN(C)C)Cc2ccc(Cl)cc2)CC1=O. The molecule has 1 aromatic rings. The van der Waals surface area contributed by atoms with E-state index in [1.54, 1.807) is 13.8 Å². The minimum absolute atomic E-state index is 0.0300. The van der Waals surface area contributed by atoms with Crippen LogP contribution in [-0.4, -0.2) is 83.7 Å². The van der Waals surface area contributed by atoms with Crippen molar-refractivity contribution in [2.45, 2.75) is 152 Å². The summed E-state index contributed by atoms with van der Waals surface area (Å²) in [5, 5.41) is 23.1. The van der Waals surface area contributed by atoms with Gasteiger partial charge in [-0.15, -0.1) is 0 Å². The standard InChI is InChI=1S/C49H75ClN2O6/c1-31(2)41-35(53)27-49(38(54)30-52(26-12-25-51(10)11)29-32-13-15-33(50)16-14-32)24-23-47(8)34(42(41)49)17-18-37-46(7)21-20-39(58-40(55)28-44(3,4)43(56)57)45(5,6)36(46)19-22-48(37,47)9/h13-16,31,34,36-39,54H,12,17-30H2,1-11H3,(H,56,57). The molecule has 2 N–H and O–H groups in total. The quantitative estimate of drug-likeness (QED) is 0.179. The van der Waals surface area contributed by atoms with E-state index in [0.717, 1.165) is 88.0 Å². The summed E-state index contributed by atoms with van der Waals surface area (Å²) in [7, 11) is 4.20. The Balaban J connectivity index is 1.28. The maximum absolute atomic E-state index is 14.4.